The average Bonchev–Trinajstić information content (AvgIpc) is 2.45. The molecule has 5 heteroatoms. The summed E-state index contributed by atoms with van der Waals surface area (Å²) in [5.41, 5.74) is -3.15. The molecular weight excluding hydrogens is 260 g/mol. The molecule has 1 N–H and O–H groups in total. The van der Waals surface area contributed by atoms with Crippen LogP contribution in [0.4, 0.5) is 0 Å². The number of rotatable bonds is 2. The first-order chi connectivity index (χ1) is 9.09. The van der Waals surface area contributed by atoms with Gasteiger partial charge >= 0.3 is 5.97 Å². The quantitative estimate of drug-likeness (QED) is 0.609. The fourth-order valence-electron chi connectivity index (χ4n) is 4.14. The lowest BCUT2D eigenvalue weighted by Crippen LogP contribution is -2.60. The molecule has 2 saturated carbocycles. The van der Waals surface area contributed by atoms with Crippen molar-refractivity contribution in [1.82, 2.24) is 0 Å². The summed E-state index contributed by atoms with van der Waals surface area (Å²) in [5, 5.41) is 11.1. The van der Waals surface area contributed by atoms with E-state index in [0.717, 1.165) is 0 Å². The number of fused-ring (bicyclic) bond motifs is 1. The number of esters is 1. The summed E-state index contributed by atoms with van der Waals surface area (Å²) in [6.45, 7) is 7.07. The number of carbonyl (C=O) groups excluding carboxylic acids is 3. The topological polar surface area (TPSA) is 80.7 Å². The Hall–Kier alpha value is -1.23. The highest BCUT2D eigenvalue weighted by atomic mass is 16.5. The predicted octanol–water partition coefficient (Wildman–Crippen LogP) is 1.26. The van der Waals surface area contributed by atoms with E-state index >= 15 is 0 Å². The number of ketones is 2. The number of Topliss-reactive ketones (excluding diaryl/α,β-unsaturated/α-hetero) is 2. The monoisotopic (exact) mass is 282 g/mol. The fraction of sp³-hybridized carbons (Fsp3) is 0.800. The lowest BCUT2D eigenvalue weighted by atomic mass is 9.52. The molecule has 0 saturated heterocycles. The van der Waals surface area contributed by atoms with Crippen molar-refractivity contribution in [3.05, 3.63) is 0 Å². The summed E-state index contributed by atoms with van der Waals surface area (Å²) < 4.78 is 4.98. The highest BCUT2D eigenvalue weighted by Crippen LogP contribution is 2.62. The van der Waals surface area contributed by atoms with Crippen molar-refractivity contribution in [2.24, 2.45) is 16.7 Å². The summed E-state index contributed by atoms with van der Waals surface area (Å²) in [5.74, 6) is -2.01. The van der Waals surface area contributed by atoms with Gasteiger partial charge in [-0.15, -0.1) is 0 Å². The lowest BCUT2D eigenvalue weighted by Gasteiger charge is -2.53. The van der Waals surface area contributed by atoms with Gasteiger partial charge in [-0.05, 0) is 6.92 Å². The summed E-state index contributed by atoms with van der Waals surface area (Å²) in [4.78, 5) is 36.4. The number of hydrogen-bond donors (Lipinski definition) is 1. The smallest absolute Gasteiger partial charge is 0.317 e. The van der Waals surface area contributed by atoms with Crippen LogP contribution in [-0.4, -0.2) is 34.9 Å². The molecule has 0 amide bonds. The number of aliphatic hydroxyl groups is 1. The zero-order chi connectivity index (χ0) is 15.3. The van der Waals surface area contributed by atoms with Crippen molar-refractivity contribution in [3.63, 3.8) is 0 Å². The van der Waals surface area contributed by atoms with E-state index in [0.29, 0.717) is 0 Å². The minimum absolute atomic E-state index is 0.0221. The molecule has 0 spiro atoms. The van der Waals surface area contributed by atoms with E-state index in [2.05, 4.69) is 0 Å². The summed E-state index contributed by atoms with van der Waals surface area (Å²) in [7, 11) is 0. The van der Waals surface area contributed by atoms with E-state index in [1.807, 2.05) is 0 Å². The molecule has 0 unspecified atom stereocenters. The third-order valence-electron chi connectivity index (χ3n) is 5.18. The van der Waals surface area contributed by atoms with Gasteiger partial charge in [-0.3, -0.25) is 14.4 Å². The molecule has 0 aromatic carbocycles. The number of hydrogen-bond acceptors (Lipinski definition) is 5. The maximum atomic E-state index is 12.3. The fourth-order valence-corrected chi connectivity index (χ4v) is 4.14. The maximum Gasteiger partial charge on any atom is 0.317 e. The van der Waals surface area contributed by atoms with Crippen molar-refractivity contribution in [2.45, 2.75) is 52.6 Å². The van der Waals surface area contributed by atoms with Crippen molar-refractivity contribution in [3.8, 4) is 0 Å². The molecule has 2 rings (SSSR count). The van der Waals surface area contributed by atoms with E-state index in [1.165, 1.54) is 0 Å². The lowest BCUT2D eigenvalue weighted by molar-refractivity contribution is -0.189. The second-order valence-electron chi connectivity index (χ2n) is 6.88. The van der Waals surface area contributed by atoms with Crippen LogP contribution in [0.25, 0.3) is 0 Å². The molecule has 0 aliphatic heterocycles. The van der Waals surface area contributed by atoms with Crippen LogP contribution in [0.3, 0.4) is 0 Å². The third kappa shape index (κ3) is 1.75. The van der Waals surface area contributed by atoms with Gasteiger partial charge in [-0.25, -0.2) is 0 Å². The zero-order valence-electron chi connectivity index (χ0n) is 12.5. The summed E-state index contributed by atoms with van der Waals surface area (Å²) >= 11 is 0. The zero-order valence-corrected chi connectivity index (χ0v) is 12.5. The van der Waals surface area contributed by atoms with Crippen LogP contribution in [0, 0.1) is 16.7 Å². The van der Waals surface area contributed by atoms with Gasteiger partial charge in [0.05, 0.1) is 12.2 Å². The molecule has 0 heterocycles. The van der Waals surface area contributed by atoms with Crippen molar-refractivity contribution in [2.75, 3.05) is 6.61 Å². The van der Waals surface area contributed by atoms with Crippen LogP contribution in [0.5, 0.6) is 0 Å². The van der Waals surface area contributed by atoms with Gasteiger partial charge in [0.2, 0.25) is 0 Å². The normalized spacial score (nSPS) is 39.5. The van der Waals surface area contributed by atoms with Crippen molar-refractivity contribution in [1.29, 1.82) is 0 Å². The van der Waals surface area contributed by atoms with Crippen LogP contribution >= 0.6 is 0 Å². The summed E-state index contributed by atoms with van der Waals surface area (Å²) in [6, 6.07) is 0. The maximum absolute atomic E-state index is 12.3. The van der Waals surface area contributed by atoms with Gasteiger partial charge in [-0.2, -0.15) is 0 Å². The molecule has 0 radical (unpaired) electrons. The van der Waals surface area contributed by atoms with E-state index in [9.17, 15) is 19.5 Å². The Morgan fingerprint density at radius 2 is 1.85 bits per heavy atom. The Balaban J connectivity index is 2.51. The predicted molar refractivity (Wildman–Crippen MR) is 70.8 cm³/mol. The van der Waals surface area contributed by atoms with Crippen LogP contribution in [-0.2, 0) is 19.1 Å². The minimum Gasteiger partial charge on any atom is -0.465 e. The molecular formula is C15H22O5. The highest BCUT2D eigenvalue weighted by molar-refractivity contribution is 6.04. The van der Waals surface area contributed by atoms with Crippen LogP contribution < -0.4 is 0 Å². The van der Waals surface area contributed by atoms with E-state index in [4.69, 9.17) is 4.74 Å². The SMILES string of the molecule is CCOC(=O)[C@H]1C(=O)C[C@@]2(O)C(C)(C)CC(=O)C[C@@]12C. The van der Waals surface area contributed by atoms with Gasteiger partial charge in [0, 0.05) is 30.1 Å². The minimum atomic E-state index is -1.34. The van der Waals surface area contributed by atoms with E-state index in [-0.39, 0.29) is 37.4 Å². The standard InChI is InChI=1S/C15H22O5/c1-5-20-12(18)11-10(17)8-15(19)13(2,3)6-9(16)7-14(11,15)4/h11,19H,5-8H2,1-4H3/t11-,14+,15-/m1/s1. The first kappa shape index (κ1) is 15.2. The molecule has 2 aliphatic carbocycles. The molecule has 0 aromatic heterocycles. The highest BCUT2D eigenvalue weighted by Gasteiger charge is 2.71. The molecule has 2 aliphatic rings. The Morgan fingerprint density at radius 3 is 2.40 bits per heavy atom. The Labute approximate surface area is 118 Å². The van der Waals surface area contributed by atoms with Gasteiger partial charge in [0.15, 0.2) is 5.78 Å². The third-order valence-corrected chi connectivity index (χ3v) is 5.18. The molecule has 5 nitrogen and oxygen atoms in total. The van der Waals surface area contributed by atoms with Crippen LogP contribution in [0.2, 0.25) is 0 Å². The second-order valence-corrected chi connectivity index (χ2v) is 6.88. The summed E-state index contributed by atoms with van der Waals surface area (Å²) in [6.07, 6.45) is 0.178. The Bertz CT molecular complexity index is 481. The van der Waals surface area contributed by atoms with Crippen molar-refractivity contribution >= 4 is 17.5 Å². The molecule has 3 atom stereocenters. The molecule has 0 aromatic rings. The number of ether oxygens (including phenoxy) is 1. The Kier molecular flexibility index (Phi) is 3.32. The van der Waals surface area contributed by atoms with E-state index < -0.39 is 28.3 Å². The van der Waals surface area contributed by atoms with E-state index in [1.54, 1.807) is 27.7 Å². The molecule has 20 heavy (non-hydrogen) atoms. The van der Waals surface area contributed by atoms with Crippen molar-refractivity contribution < 1.29 is 24.2 Å². The average molecular weight is 282 g/mol. The van der Waals surface area contributed by atoms with Gasteiger partial charge in [-0.1, -0.05) is 20.8 Å². The van der Waals surface area contributed by atoms with Crippen LogP contribution in [0.1, 0.15) is 47.0 Å². The first-order valence-electron chi connectivity index (χ1n) is 7.02. The second kappa shape index (κ2) is 4.38. The van der Waals surface area contributed by atoms with Gasteiger partial charge in [0.1, 0.15) is 11.7 Å². The Morgan fingerprint density at radius 1 is 1.25 bits per heavy atom. The molecule has 0 bridgehead atoms. The molecule has 2 fully saturated rings. The van der Waals surface area contributed by atoms with Gasteiger partial charge < -0.3 is 9.84 Å². The largest absolute Gasteiger partial charge is 0.465 e. The number of carbonyl (C=O) groups is 3. The first-order valence-corrected chi connectivity index (χ1v) is 7.02. The van der Waals surface area contributed by atoms with Gasteiger partial charge in [0.25, 0.3) is 0 Å². The van der Waals surface area contributed by atoms with Crippen LogP contribution in [0.15, 0.2) is 0 Å². The molecule has 112 valence electrons.